The monoisotopic (exact) mass is 176 g/mol. The summed E-state index contributed by atoms with van der Waals surface area (Å²) >= 11 is 0. The molecule has 1 aliphatic carbocycles. The molecular formula is C13H20. The molecule has 2 atom stereocenters. The van der Waals surface area contributed by atoms with Crippen LogP contribution >= 0.6 is 0 Å². The van der Waals surface area contributed by atoms with Crippen LogP contribution in [0.4, 0.5) is 0 Å². The van der Waals surface area contributed by atoms with Crippen molar-refractivity contribution in [3.05, 3.63) is 35.4 Å². The van der Waals surface area contributed by atoms with Crippen LogP contribution in [-0.4, -0.2) is 0 Å². The number of hydrogen-bond donors (Lipinski definition) is 0. The lowest BCUT2D eigenvalue weighted by Gasteiger charge is -1.90. The third-order valence-corrected chi connectivity index (χ3v) is 2.69. The van der Waals surface area contributed by atoms with E-state index >= 15 is 0 Å². The van der Waals surface area contributed by atoms with Crippen molar-refractivity contribution in [1.82, 2.24) is 0 Å². The van der Waals surface area contributed by atoms with Gasteiger partial charge in [0.05, 0.1) is 0 Å². The second-order valence-electron chi connectivity index (χ2n) is 4.35. The number of rotatable bonds is 0. The van der Waals surface area contributed by atoms with Crippen molar-refractivity contribution in [2.75, 3.05) is 0 Å². The molecule has 1 fully saturated rings. The Balaban J connectivity index is 0.000000145. The van der Waals surface area contributed by atoms with Crippen molar-refractivity contribution in [2.24, 2.45) is 11.8 Å². The highest BCUT2D eigenvalue weighted by atomic mass is 14.3. The van der Waals surface area contributed by atoms with E-state index in [1.54, 1.807) is 0 Å². The molecule has 1 saturated carbocycles. The number of aryl methyl sites for hydroxylation is 2. The topological polar surface area (TPSA) is 0 Å². The van der Waals surface area contributed by atoms with Crippen molar-refractivity contribution in [2.45, 2.75) is 34.1 Å². The van der Waals surface area contributed by atoms with E-state index in [0.29, 0.717) is 0 Å². The minimum Gasteiger partial charge on any atom is -0.0622 e. The highest BCUT2D eigenvalue weighted by molar-refractivity contribution is 5.20. The highest BCUT2D eigenvalue weighted by Gasteiger charge is 2.26. The Bertz CT molecular complexity index is 239. The molecule has 1 aliphatic rings. The van der Waals surface area contributed by atoms with Crippen LogP contribution in [0.1, 0.15) is 31.4 Å². The maximum atomic E-state index is 2.30. The molecule has 0 radical (unpaired) electrons. The summed E-state index contributed by atoms with van der Waals surface area (Å²) in [6.45, 7) is 8.80. The Morgan fingerprint density at radius 1 is 1.00 bits per heavy atom. The molecule has 1 aromatic rings. The molecule has 0 aromatic heterocycles. The summed E-state index contributed by atoms with van der Waals surface area (Å²) in [5.41, 5.74) is 2.68. The third kappa shape index (κ3) is 4.12. The average Bonchev–Trinajstić information content (AvgIpc) is 2.65. The molecule has 13 heavy (non-hydrogen) atoms. The molecule has 0 heterocycles. The van der Waals surface area contributed by atoms with Gasteiger partial charge in [0, 0.05) is 0 Å². The lowest BCUT2D eigenvalue weighted by atomic mass is 10.2. The van der Waals surface area contributed by atoms with Crippen LogP contribution in [0.3, 0.4) is 0 Å². The fourth-order valence-corrected chi connectivity index (χ4v) is 1.31. The van der Waals surface area contributed by atoms with Crippen LogP contribution in [0.15, 0.2) is 24.3 Å². The van der Waals surface area contributed by atoms with E-state index in [9.17, 15) is 0 Å². The van der Waals surface area contributed by atoms with Gasteiger partial charge >= 0.3 is 0 Å². The highest BCUT2D eigenvalue weighted by Crippen LogP contribution is 2.36. The molecule has 0 heteroatoms. The van der Waals surface area contributed by atoms with Crippen LogP contribution in [-0.2, 0) is 0 Å². The molecular weight excluding hydrogens is 156 g/mol. The first-order valence-electron chi connectivity index (χ1n) is 5.13. The molecule has 2 rings (SSSR count). The quantitative estimate of drug-likeness (QED) is 0.561. The zero-order valence-electron chi connectivity index (χ0n) is 9.17. The van der Waals surface area contributed by atoms with Gasteiger partial charge in [0.25, 0.3) is 0 Å². The van der Waals surface area contributed by atoms with Gasteiger partial charge in [-0.3, -0.25) is 0 Å². The smallest absolute Gasteiger partial charge is 0.0398 e. The summed E-state index contributed by atoms with van der Waals surface area (Å²) in [4.78, 5) is 0. The van der Waals surface area contributed by atoms with E-state index in [1.165, 1.54) is 17.5 Å². The lowest BCUT2D eigenvalue weighted by Crippen LogP contribution is -1.71. The Kier molecular flexibility index (Phi) is 3.53. The second-order valence-corrected chi connectivity index (χ2v) is 4.35. The van der Waals surface area contributed by atoms with Crippen LogP contribution in [0, 0.1) is 25.7 Å². The summed E-state index contributed by atoms with van der Waals surface area (Å²) in [6, 6.07) is 8.45. The Hall–Kier alpha value is -0.780. The predicted molar refractivity (Wildman–Crippen MR) is 58.9 cm³/mol. The Labute approximate surface area is 82.0 Å². The van der Waals surface area contributed by atoms with Gasteiger partial charge in [0.1, 0.15) is 0 Å². The van der Waals surface area contributed by atoms with E-state index in [4.69, 9.17) is 0 Å². The molecule has 0 aliphatic heterocycles. The van der Waals surface area contributed by atoms with Gasteiger partial charge in [0.15, 0.2) is 0 Å². The minimum absolute atomic E-state index is 1.05. The predicted octanol–water partition coefficient (Wildman–Crippen LogP) is 3.97. The molecule has 1 aromatic carbocycles. The van der Waals surface area contributed by atoms with Crippen LogP contribution < -0.4 is 0 Å². The summed E-state index contributed by atoms with van der Waals surface area (Å²) in [7, 11) is 0. The SMILES string of the molecule is C[C@@H]1C[C@@H]1C.Cc1cccc(C)c1. The molecule has 0 saturated heterocycles. The molecule has 72 valence electrons. The fourth-order valence-electron chi connectivity index (χ4n) is 1.31. The van der Waals surface area contributed by atoms with Crippen molar-refractivity contribution in [1.29, 1.82) is 0 Å². The summed E-state index contributed by atoms with van der Waals surface area (Å²) in [6.07, 6.45) is 1.47. The Morgan fingerprint density at radius 2 is 1.38 bits per heavy atom. The van der Waals surface area contributed by atoms with E-state index in [2.05, 4.69) is 52.0 Å². The molecule has 0 nitrogen and oxygen atoms in total. The fraction of sp³-hybridized carbons (Fsp3) is 0.538. The zero-order chi connectivity index (χ0) is 9.84. The van der Waals surface area contributed by atoms with Crippen molar-refractivity contribution in [3.8, 4) is 0 Å². The zero-order valence-corrected chi connectivity index (χ0v) is 9.17. The van der Waals surface area contributed by atoms with Crippen molar-refractivity contribution < 1.29 is 0 Å². The third-order valence-electron chi connectivity index (χ3n) is 2.69. The Morgan fingerprint density at radius 3 is 1.54 bits per heavy atom. The summed E-state index contributed by atoms with van der Waals surface area (Å²) in [5, 5.41) is 0. The number of hydrogen-bond acceptors (Lipinski definition) is 0. The summed E-state index contributed by atoms with van der Waals surface area (Å²) < 4.78 is 0. The van der Waals surface area contributed by atoms with E-state index in [1.807, 2.05) is 0 Å². The van der Waals surface area contributed by atoms with Crippen LogP contribution in [0.2, 0.25) is 0 Å². The first-order valence-corrected chi connectivity index (χ1v) is 5.13. The molecule has 0 spiro atoms. The minimum atomic E-state index is 1.05. The van der Waals surface area contributed by atoms with Gasteiger partial charge in [-0.1, -0.05) is 49.2 Å². The van der Waals surface area contributed by atoms with E-state index < -0.39 is 0 Å². The van der Waals surface area contributed by atoms with Gasteiger partial charge in [0.2, 0.25) is 0 Å². The maximum Gasteiger partial charge on any atom is -0.0398 e. The number of benzene rings is 1. The van der Waals surface area contributed by atoms with Gasteiger partial charge in [-0.25, -0.2) is 0 Å². The van der Waals surface area contributed by atoms with Crippen molar-refractivity contribution in [3.63, 3.8) is 0 Å². The largest absolute Gasteiger partial charge is 0.0622 e. The molecule has 0 bridgehead atoms. The van der Waals surface area contributed by atoms with Gasteiger partial charge in [-0.05, 0) is 32.1 Å². The van der Waals surface area contributed by atoms with Gasteiger partial charge < -0.3 is 0 Å². The normalized spacial score (nSPS) is 24.6. The van der Waals surface area contributed by atoms with Gasteiger partial charge in [-0.15, -0.1) is 0 Å². The average molecular weight is 176 g/mol. The van der Waals surface area contributed by atoms with Crippen LogP contribution in [0.25, 0.3) is 0 Å². The first-order chi connectivity index (χ1) is 6.09. The first kappa shape index (κ1) is 10.3. The second kappa shape index (κ2) is 4.45. The molecule has 0 N–H and O–H groups in total. The molecule has 0 amide bonds. The lowest BCUT2D eigenvalue weighted by molar-refractivity contribution is 0.834. The maximum absolute atomic E-state index is 2.30. The molecule has 0 unspecified atom stereocenters. The van der Waals surface area contributed by atoms with Gasteiger partial charge in [-0.2, -0.15) is 0 Å². The van der Waals surface area contributed by atoms with E-state index in [0.717, 1.165) is 11.8 Å². The van der Waals surface area contributed by atoms with Crippen LogP contribution in [0.5, 0.6) is 0 Å². The summed E-state index contributed by atoms with van der Waals surface area (Å²) in [5.74, 6) is 2.10. The van der Waals surface area contributed by atoms with Crippen molar-refractivity contribution >= 4 is 0 Å². The standard InChI is InChI=1S/C8H10.C5H10/c1-7-4-3-5-8(2)6-7;1-4-3-5(4)2/h3-6H,1-2H3;4-5H,3H2,1-2H3/t;4-,5+. The van der Waals surface area contributed by atoms with E-state index in [-0.39, 0.29) is 0 Å².